The minimum atomic E-state index is -2.35. The standard InChI is InChI=1S/C17H34O5Si/c1-5-15(9-8-11-21-13-16-14-22-16)17(18-2)10-6-7-12-23(17,19-3)20-4/h15-16H,5-14H2,1-4H3. The second kappa shape index (κ2) is 8.92. The zero-order chi connectivity index (χ0) is 16.8. The fourth-order valence-corrected chi connectivity index (χ4v) is 8.54. The van der Waals surface area contributed by atoms with Gasteiger partial charge in [0.1, 0.15) is 11.3 Å². The molecule has 5 nitrogen and oxygen atoms in total. The van der Waals surface area contributed by atoms with Gasteiger partial charge in [-0.1, -0.05) is 26.2 Å². The minimum absolute atomic E-state index is 0.233. The number of rotatable bonds is 11. The summed E-state index contributed by atoms with van der Waals surface area (Å²) in [4.78, 5) is 0. The number of epoxide rings is 1. The first-order valence-corrected chi connectivity index (χ1v) is 11.0. The van der Waals surface area contributed by atoms with E-state index < -0.39 is 8.56 Å². The van der Waals surface area contributed by atoms with Crippen LogP contribution in [-0.2, 0) is 23.1 Å². The molecule has 23 heavy (non-hydrogen) atoms. The van der Waals surface area contributed by atoms with Crippen LogP contribution in [0.5, 0.6) is 0 Å². The molecule has 0 bridgehead atoms. The molecular formula is C17H34O5Si. The highest BCUT2D eigenvalue weighted by molar-refractivity contribution is 6.70. The Kier molecular flexibility index (Phi) is 7.50. The van der Waals surface area contributed by atoms with E-state index in [1.807, 2.05) is 7.11 Å². The Hall–Kier alpha value is 0.0169. The average Bonchev–Trinajstić information content (AvgIpc) is 3.42. The molecule has 2 heterocycles. The summed E-state index contributed by atoms with van der Waals surface area (Å²) in [5, 5.41) is -0.233. The number of hydrogen-bond acceptors (Lipinski definition) is 5. The molecule has 2 aliphatic rings. The predicted molar refractivity (Wildman–Crippen MR) is 91.7 cm³/mol. The third-order valence-electron chi connectivity index (χ3n) is 5.67. The Morgan fingerprint density at radius 1 is 1.22 bits per heavy atom. The fraction of sp³-hybridized carbons (Fsp3) is 1.00. The van der Waals surface area contributed by atoms with Gasteiger partial charge in [0.25, 0.3) is 0 Å². The van der Waals surface area contributed by atoms with Crippen LogP contribution in [-0.4, -0.2) is 61.0 Å². The Morgan fingerprint density at radius 3 is 2.52 bits per heavy atom. The van der Waals surface area contributed by atoms with Crippen molar-refractivity contribution in [3.05, 3.63) is 0 Å². The summed E-state index contributed by atoms with van der Waals surface area (Å²) in [5.41, 5.74) is 0. The van der Waals surface area contributed by atoms with E-state index in [-0.39, 0.29) is 5.22 Å². The SMILES string of the molecule is CCC(CCCOCC1CO1)C1(OC)CCCC[Si]1(OC)OC. The topological polar surface area (TPSA) is 49.5 Å². The number of methoxy groups -OCH3 is 1. The lowest BCUT2D eigenvalue weighted by Gasteiger charge is -2.51. The predicted octanol–water partition coefficient (Wildman–Crippen LogP) is 3.05. The summed E-state index contributed by atoms with van der Waals surface area (Å²) in [6.07, 6.45) is 7.00. The van der Waals surface area contributed by atoms with E-state index in [2.05, 4.69) is 6.92 Å². The minimum Gasteiger partial charge on any atom is -0.396 e. The summed E-state index contributed by atoms with van der Waals surface area (Å²) in [7, 11) is 3.10. The maximum atomic E-state index is 6.19. The largest absolute Gasteiger partial charge is 0.396 e. The van der Waals surface area contributed by atoms with Crippen molar-refractivity contribution in [2.24, 2.45) is 5.92 Å². The summed E-state index contributed by atoms with van der Waals surface area (Å²) in [5.74, 6) is 0.458. The maximum absolute atomic E-state index is 6.19. The smallest absolute Gasteiger partial charge is 0.371 e. The van der Waals surface area contributed by atoms with Crippen LogP contribution in [0.2, 0.25) is 6.04 Å². The molecule has 0 saturated carbocycles. The van der Waals surface area contributed by atoms with E-state index in [0.717, 1.165) is 51.5 Å². The summed E-state index contributed by atoms with van der Waals surface area (Å²) < 4.78 is 29.1. The molecule has 0 aliphatic carbocycles. The quantitative estimate of drug-likeness (QED) is 0.327. The van der Waals surface area contributed by atoms with E-state index in [9.17, 15) is 0 Å². The molecule has 0 N–H and O–H groups in total. The van der Waals surface area contributed by atoms with Crippen LogP contribution in [0.25, 0.3) is 0 Å². The molecule has 0 aromatic carbocycles. The Balaban J connectivity index is 1.97. The van der Waals surface area contributed by atoms with Gasteiger partial charge in [0, 0.05) is 27.9 Å². The molecule has 2 rings (SSSR count). The van der Waals surface area contributed by atoms with Gasteiger partial charge in [-0.3, -0.25) is 0 Å². The molecule has 0 radical (unpaired) electrons. The van der Waals surface area contributed by atoms with Crippen molar-refractivity contribution in [3.63, 3.8) is 0 Å². The third kappa shape index (κ3) is 4.17. The monoisotopic (exact) mass is 346 g/mol. The van der Waals surface area contributed by atoms with Crippen LogP contribution in [0.1, 0.15) is 45.4 Å². The molecule has 0 amide bonds. The molecule has 2 saturated heterocycles. The molecule has 0 spiro atoms. The Morgan fingerprint density at radius 2 is 1.96 bits per heavy atom. The highest BCUT2D eigenvalue weighted by Crippen LogP contribution is 2.47. The van der Waals surface area contributed by atoms with Crippen LogP contribution in [0.4, 0.5) is 0 Å². The third-order valence-corrected chi connectivity index (χ3v) is 10.2. The van der Waals surface area contributed by atoms with E-state index in [1.54, 1.807) is 14.2 Å². The lowest BCUT2D eigenvalue weighted by atomic mass is 9.89. The molecule has 0 aromatic rings. The lowest BCUT2D eigenvalue weighted by molar-refractivity contribution is -0.0552. The van der Waals surface area contributed by atoms with Gasteiger partial charge in [0.2, 0.25) is 0 Å². The molecule has 2 aliphatic heterocycles. The van der Waals surface area contributed by atoms with Gasteiger partial charge < -0.3 is 23.1 Å². The maximum Gasteiger partial charge on any atom is 0.371 e. The first-order valence-electron chi connectivity index (χ1n) is 9.02. The van der Waals surface area contributed by atoms with Gasteiger partial charge in [-0.25, -0.2) is 0 Å². The summed E-state index contributed by atoms with van der Waals surface area (Å²) in [6.45, 7) is 4.65. The Bertz CT molecular complexity index is 346. The molecule has 2 fully saturated rings. The number of hydrogen-bond donors (Lipinski definition) is 0. The van der Waals surface area contributed by atoms with Gasteiger partial charge in [0.15, 0.2) is 0 Å². The van der Waals surface area contributed by atoms with Crippen molar-refractivity contribution in [1.82, 2.24) is 0 Å². The molecular weight excluding hydrogens is 312 g/mol. The van der Waals surface area contributed by atoms with E-state index in [1.165, 1.54) is 12.8 Å². The van der Waals surface area contributed by atoms with E-state index in [4.69, 9.17) is 23.1 Å². The van der Waals surface area contributed by atoms with Crippen molar-refractivity contribution >= 4 is 8.56 Å². The second-order valence-electron chi connectivity index (χ2n) is 6.74. The highest BCUT2D eigenvalue weighted by atomic mass is 28.4. The summed E-state index contributed by atoms with van der Waals surface area (Å²) >= 11 is 0. The molecule has 136 valence electrons. The van der Waals surface area contributed by atoms with Crippen LogP contribution < -0.4 is 0 Å². The molecule has 3 atom stereocenters. The van der Waals surface area contributed by atoms with Crippen molar-refractivity contribution in [2.75, 3.05) is 41.2 Å². The van der Waals surface area contributed by atoms with Crippen molar-refractivity contribution in [2.45, 2.75) is 62.8 Å². The van der Waals surface area contributed by atoms with E-state index in [0.29, 0.717) is 12.0 Å². The van der Waals surface area contributed by atoms with Crippen LogP contribution in [0.3, 0.4) is 0 Å². The van der Waals surface area contributed by atoms with E-state index >= 15 is 0 Å². The lowest BCUT2D eigenvalue weighted by Crippen LogP contribution is -2.68. The normalized spacial score (nSPS) is 31.0. The summed E-state index contributed by atoms with van der Waals surface area (Å²) in [6, 6.07) is 1.03. The van der Waals surface area contributed by atoms with Crippen LogP contribution >= 0.6 is 0 Å². The zero-order valence-corrected chi connectivity index (χ0v) is 16.3. The molecule has 0 aromatic heterocycles. The van der Waals surface area contributed by atoms with Crippen LogP contribution in [0, 0.1) is 5.92 Å². The molecule has 6 heteroatoms. The number of ether oxygens (including phenoxy) is 3. The average molecular weight is 347 g/mol. The highest BCUT2D eigenvalue weighted by Gasteiger charge is 2.61. The van der Waals surface area contributed by atoms with Crippen molar-refractivity contribution < 1.29 is 23.1 Å². The fourth-order valence-electron chi connectivity index (χ4n) is 4.30. The molecule has 3 unspecified atom stereocenters. The first kappa shape index (κ1) is 19.3. The van der Waals surface area contributed by atoms with Gasteiger partial charge in [-0.15, -0.1) is 0 Å². The first-order chi connectivity index (χ1) is 11.2. The van der Waals surface area contributed by atoms with Crippen LogP contribution in [0.15, 0.2) is 0 Å². The van der Waals surface area contributed by atoms with Gasteiger partial charge in [-0.05, 0) is 31.2 Å². The van der Waals surface area contributed by atoms with Crippen molar-refractivity contribution in [1.29, 1.82) is 0 Å². The van der Waals surface area contributed by atoms with Gasteiger partial charge >= 0.3 is 8.56 Å². The Labute approximate surface area is 142 Å². The van der Waals surface area contributed by atoms with Gasteiger partial charge in [0.05, 0.1) is 13.2 Å². The van der Waals surface area contributed by atoms with Crippen molar-refractivity contribution in [3.8, 4) is 0 Å². The second-order valence-corrected chi connectivity index (χ2v) is 10.4. The van der Waals surface area contributed by atoms with Gasteiger partial charge in [-0.2, -0.15) is 0 Å². The zero-order valence-electron chi connectivity index (χ0n) is 15.3.